The molecule has 0 aliphatic carbocycles. The summed E-state index contributed by atoms with van der Waals surface area (Å²) in [6.45, 7) is 0. The third-order valence-corrected chi connectivity index (χ3v) is 1.90. The summed E-state index contributed by atoms with van der Waals surface area (Å²) in [4.78, 5) is 11.0. The van der Waals surface area contributed by atoms with Gasteiger partial charge in [0.1, 0.15) is 6.04 Å². The Kier molecular flexibility index (Phi) is 5.53. The van der Waals surface area contributed by atoms with Crippen LogP contribution < -0.4 is 5.73 Å². The second-order valence-corrected chi connectivity index (χ2v) is 2.99. The van der Waals surface area contributed by atoms with Gasteiger partial charge in [-0.2, -0.15) is 0 Å². The lowest BCUT2D eigenvalue weighted by molar-refractivity contribution is -0.142. The average Bonchev–Trinajstić information content (AvgIpc) is 2.15. The molecule has 1 unspecified atom stereocenters. The third-order valence-electron chi connectivity index (χ3n) is 1.66. The van der Waals surface area contributed by atoms with Gasteiger partial charge in [0.15, 0.2) is 0 Å². The summed E-state index contributed by atoms with van der Waals surface area (Å²) < 4.78 is 4.50. The van der Waals surface area contributed by atoms with Crippen molar-refractivity contribution < 1.29 is 9.53 Å². The molecule has 0 fully saturated rings. The highest BCUT2D eigenvalue weighted by Gasteiger charge is 2.15. The first-order valence-electron chi connectivity index (χ1n) is 3.74. The molecule has 2 N–H and O–H groups in total. The summed E-state index contributed by atoms with van der Waals surface area (Å²) in [5, 5.41) is 0.553. The predicted molar refractivity (Wildman–Crippen MR) is 57.6 cm³/mol. The van der Waals surface area contributed by atoms with Crippen LogP contribution in [0.5, 0.6) is 0 Å². The molecule has 0 saturated heterocycles. The largest absolute Gasteiger partial charge is 0.468 e. The monoisotopic (exact) mass is 235 g/mol. The molecule has 0 aliphatic rings. The zero-order chi connectivity index (χ0) is 9.84. The molecule has 0 aliphatic heterocycles. The molecule has 0 amide bonds. The van der Waals surface area contributed by atoms with Gasteiger partial charge >= 0.3 is 5.97 Å². The molecular weight excluding hydrogens is 225 g/mol. The number of hydrogen-bond acceptors (Lipinski definition) is 3. The van der Waals surface area contributed by atoms with Gasteiger partial charge < -0.3 is 10.5 Å². The van der Waals surface area contributed by atoms with Gasteiger partial charge in [0.05, 0.1) is 7.11 Å². The Balaban J connectivity index is 0.00000169. The molecule has 0 heterocycles. The van der Waals surface area contributed by atoms with Gasteiger partial charge in [-0.3, -0.25) is 4.79 Å². The first-order chi connectivity index (χ1) is 6.15. The number of benzene rings is 1. The van der Waals surface area contributed by atoms with Crippen molar-refractivity contribution >= 4 is 30.0 Å². The van der Waals surface area contributed by atoms with Crippen molar-refractivity contribution in [2.75, 3.05) is 7.11 Å². The van der Waals surface area contributed by atoms with E-state index < -0.39 is 12.0 Å². The van der Waals surface area contributed by atoms with Crippen LogP contribution in [0.4, 0.5) is 0 Å². The summed E-state index contributed by atoms with van der Waals surface area (Å²) in [5.41, 5.74) is 6.24. The van der Waals surface area contributed by atoms with Crippen LogP contribution in [0.25, 0.3) is 0 Å². The van der Waals surface area contributed by atoms with Gasteiger partial charge in [-0.15, -0.1) is 12.4 Å². The first-order valence-corrected chi connectivity index (χ1v) is 4.12. The van der Waals surface area contributed by atoms with E-state index in [0.717, 1.165) is 0 Å². The number of carbonyl (C=O) groups excluding carboxylic acids is 1. The molecule has 3 nitrogen and oxygen atoms in total. The fourth-order valence-electron chi connectivity index (χ4n) is 0.963. The minimum atomic E-state index is -0.760. The quantitative estimate of drug-likeness (QED) is 0.798. The highest BCUT2D eigenvalue weighted by Crippen LogP contribution is 2.16. The minimum absolute atomic E-state index is 0. The fourth-order valence-corrected chi connectivity index (χ4v) is 1.16. The van der Waals surface area contributed by atoms with Crippen molar-refractivity contribution in [1.82, 2.24) is 0 Å². The molecule has 1 aromatic carbocycles. The maximum atomic E-state index is 11.0. The Morgan fingerprint density at radius 3 is 2.71 bits per heavy atom. The van der Waals surface area contributed by atoms with Crippen LogP contribution in [-0.2, 0) is 9.53 Å². The van der Waals surface area contributed by atoms with Crippen molar-refractivity contribution in [2.45, 2.75) is 6.04 Å². The van der Waals surface area contributed by atoms with E-state index in [1.807, 2.05) is 0 Å². The van der Waals surface area contributed by atoms with Crippen LogP contribution in [0.1, 0.15) is 11.6 Å². The second-order valence-electron chi connectivity index (χ2n) is 2.56. The predicted octanol–water partition coefficient (Wildman–Crippen LogP) is 1.93. The molecule has 1 rings (SSSR count). The molecule has 14 heavy (non-hydrogen) atoms. The number of rotatable bonds is 2. The van der Waals surface area contributed by atoms with E-state index in [0.29, 0.717) is 10.6 Å². The zero-order valence-corrected chi connectivity index (χ0v) is 9.14. The highest BCUT2D eigenvalue weighted by atomic mass is 35.5. The zero-order valence-electron chi connectivity index (χ0n) is 7.57. The molecule has 0 bridgehead atoms. The Morgan fingerprint density at radius 1 is 1.57 bits per heavy atom. The smallest absolute Gasteiger partial charge is 0.327 e. The van der Waals surface area contributed by atoms with E-state index in [-0.39, 0.29) is 12.4 Å². The Morgan fingerprint density at radius 2 is 2.21 bits per heavy atom. The van der Waals surface area contributed by atoms with E-state index >= 15 is 0 Å². The molecule has 0 aromatic heterocycles. The van der Waals surface area contributed by atoms with Crippen molar-refractivity contribution in [1.29, 1.82) is 0 Å². The van der Waals surface area contributed by atoms with Crippen molar-refractivity contribution in [3.8, 4) is 0 Å². The SMILES string of the molecule is COC(=O)C(N)c1cccc(Cl)c1.Cl. The van der Waals surface area contributed by atoms with Gasteiger partial charge in [-0.1, -0.05) is 23.7 Å². The fraction of sp³-hybridized carbons (Fsp3) is 0.222. The van der Waals surface area contributed by atoms with Gasteiger partial charge in [0, 0.05) is 5.02 Å². The standard InChI is InChI=1S/C9H10ClNO2.ClH/c1-13-9(12)8(11)6-3-2-4-7(10)5-6;/h2-5,8H,11H2,1H3;1H. The second kappa shape index (κ2) is 5.86. The number of hydrogen-bond donors (Lipinski definition) is 1. The van der Waals surface area contributed by atoms with Gasteiger partial charge in [0.2, 0.25) is 0 Å². The third kappa shape index (κ3) is 3.18. The maximum absolute atomic E-state index is 11.0. The highest BCUT2D eigenvalue weighted by molar-refractivity contribution is 6.30. The summed E-state index contributed by atoms with van der Waals surface area (Å²) in [6, 6.07) is 6.07. The van der Waals surface area contributed by atoms with Crippen LogP contribution in [0.15, 0.2) is 24.3 Å². The average molecular weight is 236 g/mol. The number of ether oxygens (including phenoxy) is 1. The summed E-state index contributed by atoms with van der Waals surface area (Å²) in [5.74, 6) is -0.470. The van der Waals surface area contributed by atoms with Crippen molar-refractivity contribution in [2.24, 2.45) is 5.73 Å². The molecular formula is C9H11Cl2NO2. The maximum Gasteiger partial charge on any atom is 0.327 e. The van der Waals surface area contributed by atoms with Gasteiger partial charge in [-0.25, -0.2) is 0 Å². The topological polar surface area (TPSA) is 52.3 Å². The van der Waals surface area contributed by atoms with E-state index in [9.17, 15) is 4.79 Å². The molecule has 0 saturated carbocycles. The van der Waals surface area contributed by atoms with Gasteiger partial charge in [-0.05, 0) is 17.7 Å². The Bertz CT molecular complexity index is 317. The Labute approximate surface area is 93.6 Å². The van der Waals surface area contributed by atoms with Crippen LogP contribution in [0, 0.1) is 0 Å². The van der Waals surface area contributed by atoms with Crippen LogP contribution in [-0.4, -0.2) is 13.1 Å². The van der Waals surface area contributed by atoms with Crippen molar-refractivity contribution in [3.05, 3.63) is 34.9 Å². The lowest BCUT2D eigenvalue weighted by atomic mass is 10.1. The number of esters is 1. The summed E-state index contributed by atoms with van der Waals surface area (Å²) in [7, 11) is 1.30. The lowest BCUT2D eigenvalue weighted by Gasteiger charge is -2.08. The number of nitrogens with two attached hydrogens (primary N) is 1. The Hall–Kier alpha value is -0.770. The van der Waals surface area contributed by atoms with Gasteiger partial charge in [0.25, 0.3) is 0 Å². The molecule has 1 atom stereocenters. The van der Waals surface area contributed by atoms with E-state index in [1.165, 1.54) is 7.11 Å². The normalized spacial score (nSPS) is 11.4. The van der Waals surface area contributed by atoms with Crippen LogP contribution >= 0.6 is 24.0 Å². The molecule has 0 spiro atoms. The minimum Gasteiger partial charge on any atom is -0.468 e. The molecule has 1 aromatic rings. The van der Waals surface area contributed by atoms with E-state index in [1.54, 1.807) is 24.3 Å². The van der Waals surface area contributed by atoms with E-state index in [4.69, 9.17) is 17.3 Å². The molecule has 5 heteroatoms. The van der Waals surface area contributed by atoms with Crippen LogP contribution in [0.2, 0.25) is 5.02 Å². The van der Waals surface area contributed by atoms with Crippen LogP contribution in [0.3, 0.4) is 0 Å². The van der Waals surface area contributed by atoms with Crippen molar-refractivity contribution in [3.63, 3.8) is 0 Å². The summed E-state index contributed by atoms with van der Waals surface area (Å²) >= 11 is 5.73. The number of halogens is 2. The molecule has 78 valence electrons. The number of carbonyl (C=O) groups is 1. The first kappa shape index (κ1) is 13.2. The molecule has 0 radical (unpaired) electrons. The number of methoxy groups -OCH3 is 1. The lowest BCUT2D eigenvalue weighted by Crippen LogP contribution is -2.22. The summed E-state index contributed by atoms with van der Waals surface area (Å²) in [6.07, 6.45) is 0. The van der Waals surface area contributed by atoms with E-state index in [2.05, 4.69) is 4.74 Å².